The molecule has 2 N–H and O–H groups in total. The number of nitrogens with zero attached hydrogens (tertiary/aromatic N) is 1. The molecule has 2 amide bonds. The van der Waals surface area contributed by atoms with Gasteiger partial charge in [-0.2, -0.15) is 0 Å². The van der Waals surface area contributed by atoms with E-state index in [9.17, 15) is 9.59 Å². The predicted molar refractivity (Wildman–Crippen MR) is 114 cm³/mol. The van der Waals surface area contributed by atoms with Crippen molar-refractivity contribution >= 4 is 11.8 Å². The van der Waals surface area contributed by atoms with Gasteiger partial charge in [-0.05, 0) is 86.9 Å². The molecule has 5 nitrogen and oxygen atoms in total. The number of hydrogen-bond acceptors (Lipinski definition) is 3. The van der Waals surface area contributed by atoms with Crippen molar-refractivity contribution in [3.8, 4) is 0 Å². The minimum Gasteiger partial charge on any atom is -0.350 e. The van der Waals surface area contributed by atoms with Crippen LogP contribution in [0.25, 0.3) is 0 Å². The molecular weight excluding hydrogens is 362 g/mol. The van der Waals surface area contributed by atoms with Gasteiger partial charge in [0.1, 0.15) is 0 Å². The third-order valence-electron chi connectivity index (χ3n) is 7.23. The first-order valence-electron chi connectivity index (χ1n) is 11.2. The Bertz CT molecular complexity index is 723. The van der Waals surface area contributed by atoms with Gasteiger partial charge in [0.25, 0.3) is 0 Å². The molecule has 4 aliphatic carbocycles. The molecule has 5 rings (SSSR count). The van der Waals surface area contributed by atoms with Gasteiger partial charge in [-0.3, -0.25) is 9.59 Å². The highest BCUT2D eigenvalue weighted by Gasteiger charge is 2.51. The monoisotopic (exact) mass is 397 g/mol. The average Bonchev–Trinajstić information content (AvgIpc) is 2.64. The number of carbonyl (C=O) groups is 2. The smallest absolute Gasteiger partial charge is 0.239 e. The topological polar surface area (TPSA) is 61.4 Å². The maximum Gasteiger partial charge on any atom is 0.239 e. The molecule has 0 aliphatic heterocycles. The summed E-state index contributed by atoms with van der Waals surface area (Å²) in [5, 5.41) is 5.84. The number of nitrogens with one attached hydrogen (secondary N) is 2. The van der Waals surface area contributed by atoms with Gasteiger partial charge in [0.05, 0.1) is 6.54 Å². The highest BCUT2D eigenvalue weighted by atomic mass is 16.2. The van der Waals surface area contributed by atoms with Gasteiger partial charge in [0, 0.05) is 19.5 Å². The van der Waals surface area contributed by atoms with Crippen molar-refractivity contribution in [2.75, 3.05) is 20.6 Å². The van der Waals surface area contributed by atoms with Gasteiger partial charge in [0.2, 0.25) is 11.8 Å². The van der Waals surface area contributed by atoms with E-state index in [1.54, 1.807) is 0 Å². The molecule has 4 saturated carbocycles. The average molecular weight is 398 g/mol. The van der Waals surface area contributed by atoms with E-state index in [4.69, 9.17) is 0 Å². The quantitative estimate of drug-likeness (QED) is 0.709. The Morgan fingerprint density at radius 1 is 0.931 bits per heavy atom. The molecule has 4 fully saturated rings. The van der Waals surface area contributed by atoms with Crippen LogP contribution in [-0.2, 0) is 22.7 Å². The first-order chi connectivity index (χ1) is 13.9. The zero-order valence-corrected chi connectivity index (χ0v) is 17.9. The fraction of sp³-hybridized carbons (Fsp3) is 0.667. The molecule has 0 spiro atoms. The van der Waals surface area contributed by atoms with Crippen LogP contribution in [0.2, 0.25) is 0 Å². The highest BCUT2D eigenvalue weighted by Crippen LogP contribution is 2.61. The summed E-state index contributed by atoms with van der Waals surface area (Å²) in [6.45, 7) is 1.41. The Balaban J connectivity index is 1.23. The summed E-state index contributed by atoms with van der Waals surface area (Å²) >= 11 is 0. The normalized spacial score (nSPS) is 29.8. The summed E-state index contributed by atoms with van der Waals surface area (Å²) in [5.41, 5.74) is 2.55. The largest absolute Gasteiger partial charge is 0.350 e. The summed E-state index contributed by atoms with van der Waals surface area (Å²) in [5.74, 6) is 2.47. The summed E-state index contributed by atoms with van der Waals surface area (Å²) < 4.78 is 0. The lowest BCUT2D eigenvalue weighted by molar-refractivity contribution is -0.131. The molecular formula is C24H35N3O2. The SMILES string of the molecule is CN(C)Cc1ccccc1CNC(=O)CNC(=O)CC12CC3CC(CC(C3)C1)C2. The van der Waals surface area contributed by atoms with Crippen molar-refractivity contribution in [3.63, 3.8) is 0 Å². The molecule has 1 aromatic rings. The van der Waals surface area contributed by atoms with E-state index >= 15 is 0 Å². The third-order valence-corrected chi connectivity index (χ3v) is 7.23. The molecule has 0 unspecified atom stereocenters. The van der Waals surface area contributed by atoms with E-state index in [-0.39, 0.29) is 23.8 Å². The van der Waals surface area contributed by atoms with E-state index in [1.165, 1.54) is 44.1 Å². The Labute approximate surface area is 174 Å². The van der Waals surface area contributed by atoms with Crippen LogP contribution in [0.5, 0.6) is 0 Å². The Morgan fingerprint density at radius 3 is 2.10 bits per heavy atom. The van der Waals surface area contributed by atoms with Crippen molar-refractivity contribution in [3.05, 3.63) is 35.4 Å². The molecule has 29 heavy (non-hydrogen) atoms. The molecule has 0 radical (unpaired) electrons. The Hall–Kier alpha value is -1.88. The fourth-order valence-electron chi connectivity index (χ4n) is 6.57. The molecule has 4 bridgehead atoms. The number of hydrogen-bond donors (Lipinski definition) is 2. The lowest BCUT2D eigenvalue weighted by Gasteiger charge is -2.56. The van der Waals surface area contributed by atoms with Crippen LogP contribution in [0.1, 0.15) is 56.1 Å². The molecule has 1 aromatic carbocycles. The van der Waals surface area contributed by atoms with Gasteiger partial charge >= 0.3 is 0 Å². The van der Waals surface area contributed by atoms with Crippen LogP contribution in [-0.4, -0.2) is 37.4 Å². The van der Waals surface area contributed by atoms with Gasteiger partial charge in [-0.15, -0.1) is 0 Å². The second kappa shape index (κ2) is 8.47. The van der Waals surface area contributed by atoms with Gasteiger partial charge < -0.3 is 15.5 Å². The molecule has 0 atom stereocenters. The maximum absolute atomic E-state index is 12.6. The van der Waals surface area contributed by atoms with Crippen LogP contribution in [0, 0.1) is 23.2 Å². The van der Waals surface area contributed by atoms with E-state index in [0.29, 0.717) is 13.0 Å². The first kappa shape index (κ1) is 20.4. The van der Waals surface area contributed by atoms with Crippen molar-refractivity contribution in [2.24, 2.45) is 23.2 Å². The first-order valence-corrected chi connectivity index (χ1v) is 11.2. The summed E-state index contributed by atoms with van der Waals surface area (Å²) in [6.07, 6.45) is 8.44. The molecule has 5 heteroatoms. The minimum absolute atomic E-state index is 0.0510. The third kappa shape index (κ3) is 5.00. The Morgan fingerprint density at radius 2 is 1.52 bits per heavy atom. The van der Waals surface area contributed by atoms with Crippen LogP contribution in [0.4, 0.5) is 0 Å². The van der Waals surface area contributed by atoms with Crippen LogP contribution in [0.15, 0.2) is 24.3 Å². The van der Waals surface area contributed by atoms with Gasteiger partial charge in [-0.1, -0.05) is 24.3 Å². The lowest BCUT2D eigenvalue weighted by Crippen LogP contribution is -2.48. The Kier molecular flexibility index (Phi) is 5.95. The second-order valence-electron chi connectivity index (χ2n) is 10.2. The predicted octanol–water partition coefficient (Wildman–Crippen LogP) is 3.09. The molecule has 4 aliphatic rings. The van der Waals surface area contributed by atoms with E-state index in [2.05, 4.69) is 21.6 Å². The summed E-state index contributed by atoms with van der Waals surface area (Å²) in [7, 11) is 4.07. The van der Waals surface area contributed by atoms with Crippen molar-refractivity contribution in [1.29, 1.82) is 0 Å². The zero-order chi connectivity index (χ0) is 20.4. The fourth-order valence-corrected chi connectivity index (χ4v) is 6.57. The van der Waals surface area contributed by atoms with Gasteiger partial charge in [0.15, 0.2) is 0 Å². The molecule has 0 aromatic heterocycles. The van der Waals surface area contributed by atoms with E-state index < -0.39 is 0 Å². The molecule has 0 heterocycles. The summed E-state index contributed by atoms with van der Waals surface area (Å²) in [6, 6.07) is 8.15. The highest BCUT2D eigenvalue weighted by molar-refractivity contribution is 5.85. The summed E-state index contributed by atoms with van der Waals surface area (Å²) in [4.78, 5) is 27.0. The van der Waals surface area contributed by atoms with E-state index in [0.717, 1.165) is 29.9 Å². The molecule has 158 valence electrons. The van der Waals surface area contributed by atoms with Gasteiger partial charge in [-0.25, -0.2) is 0 Å². The number of benzene rings is 1. The van der Waals surface area contributed by atoms with Crippen LogP contribution in [0.3, 0.4) is 0 Å². The number of amides is 2. The molecule has 0 saturated heterocycles. The van der Waals surface area contributed by atoms with Crippen LogP contribution < -0.4 is 10.6 Å². The van der Waals surface area contributed by atoms with Crippen molar-refractivity contribution in [2.45, 2.75) is 58.0 Å². The van der Waals surface area contributed by atoms with Crippen LogP contribution >= 0.6 is 0 Å². The minimum atomic E-state index is -0.122. The lowest BCUT2D eigenvalue weighted by atomic mass is 9.49. The van der Waals surface area contributed by atoms with Crippen molar-refractivity contribution < 1.29 is 9.59 Å². The maximum atomic E-state index is 12.6. The second-order valence-corrected chi connectivity index (χ2v) is 10.2. The standard InChI is InChI=1S/C24H35N3O2/c1-27(2)16-21-6-4-3-5-20(21)14-25-23(29)15-26-22(28)13-24-10-17-7-18(11-24)9-19(8-17)12-24/h3-6,17-19H,7-16H2,1-2H3,(H,25,29)(H,26,28). The van der Waals surface area contributed by atoms with E-state index in [1.807, 2.05) is 32.3 Å². The number of rotatable bonds is 8. The number of carbonyl (C=O) groups excluding carboxylic acids is 2. The zero-order valence-electron chi connectivity index (χ0n) is 17.9. The van der Waals surface area contributed by atoms with Crippen molar-refractivity contribution in [1.82, 2.24) is 15.5 Å².